The molecule has 0 bridgehead atoms. The van der Waals surface area contributed by atoms with Crippen molar-refractivity contribution in [2.45, 2.75) is 16.1 Å². The van der Waals surface area contributed by atoms with E-state index in [0.717, 1.165) is 0 Å². The number of fused-ring (bicyclic) bond motifs is 1. The van der Waals surface area contributed by atoms with E-state index in [9.17, 15) is 18.5 Å². The van der Waals surface area contributed by atoms with Gasteiger partial charge < -0.3 is 14.3 Å². The fourth-order valence-electron chi connectivity index (χ4n) is 3.42. The smallest absolute Gasteiger partial charge is 0.231 e. The van der Waals surface area contributed by atoms with Crippen LogP contribution in [0.25, 0.3) is 0 Å². The van der Waals surface area contributed by atoms with Crippen LogP contribution in [-0.2, 0) is 14.6 Å². The van der Waals surface area contributed by atoms with Crippen LogP contribution in [-0.4, -0.2) is 26.7 Å². The molecule has 2 aliphatic rings. The molecular weight excluding hydrogens is 342 g/mol. The van der Waals surface area contributed by atoms with Gasteiger partial charge in [0.25, 0.3) is 0 Å². The third-order valence-corrected chi connectivity index (χ3v) is 6.99. The Bertz CT molecular complexity index is 996. The number of carbonyl (C=O) groups excluding carboxylic acids is 1. The molecule has 1 aliphatic heterocycles. The van der Waals surface area contributed by atoms with Gasteiger partial charge in [-0.3, -0.25) is 0 Å². The van der Waals surface area contributed by atoms with Crippen LogP contribution < -0.4 is 9.47 Å². The second-order valence-electron chi connectivity index (χ2n) is 6.03. The molecule has 2 aromatic carbocycles. The topological polar surface area (TPSA) is 93.5 Å². The molecule has 126 valence electrons. The molecular formula is C18H13NO5S. The summed E-state index contributed by atoms with van der Waals surface area (Å²) in [7, 11) is -3.83. The van der Waals surface area contributed by atoms with Crippen LogP contribution in [0, 0.1) is 16.7 Å². The van der Waals surface area contributed by atoms with Crippen molar-refractivity contribution in [3.8, 4) is 17.6 Å². The monoisotopic (exact) mass is 355 g/mol. The van der Waals surface area contributed by atoms with Crippen molar-refractivity contribution in [3.63, 3.8) is 0 Å². The first kappa shape index (κ1) is 15.7. The summed E-state index contributed by atoms with van der Waals surface area (Å²) in [4.78, 5) is 11.8. The first-order valence-electron chi connectivity index (χ1n) is 7.60. The molecule has 4 rings (SSSR count). The summed E-state index contributed by atoms with van der Waals surface area (Å²) >= 11 is 0. The highest BCUT2D eigenvalue weighted by molar-refractivity contribution is 7.92. The van der Waals surface area contributed by atoms with Gasteiger partial charge in [-0.05, 0) is 29.8 Å². The van der Waals surface area contributed by atoms with Crippen LogP contribution in [0.2, 0.25) is 0 Å². The summed E-state index contributed by atoms with van der Waals surface area (Å²) in [6, 6.07) is 14.8. The van der Waals surface area contributed by atoms with Gasteiger partial charge in [0.15, 0.2) is 21.3 Å². The number of nitriles is 1. The van der Waals surface area contributed by atoms with E-state index in [1.807, 2.05) is 6.07 Å². The van der Waals surface area contributed by atoms with Gasteiger partial charge in [0.05, 0.1) is 11.0 Å². The molecule has 0 saturated heterocycles. The highest BCUT2D eigenvalue weighted by Gasteiger charge is 2.72. The zero-order chi connectivity index (χ0) is 17.7. The molecule has 0 spiro atoms. The van der Waals surface area contributed by atoms with Gasteiger partial charge >= 0.3 is 0 Å². The molecule has 7 heteroatoms. The number of hydrogen-bond acceptors (Lipinski definition) is 6. The van der Waals surface area contributed by atoms with Crippen molar-refractivity contribution >= 4 is 16.1 Å². The third kappa shape index (κ3) is 2.14. The highest BCUT2D eigenvalue weighted by Crippen LogP contribution is 2.63. The predicted molar refractivity (Wildman–Crippen MR) is 86.8 cm³/mol. The number of hydrogen-bond donors (Lipinski definition) is 0. The van der Waals surface area contributed by atoms with E-state index in [2.05, 4.69) is 0 Å². The van der Waals surface area contributed by atoms with Crippen LogP contribution in [0.15, 0.2) is 53.4 Å². The van der Waals surface area contributed by atoms with Gasteiger partial charge in [-0.25, -0.2) is 8.42 Å². The van der Waals surface area contributed by atoms with Crippen LogP contribution >= 0.6 is 0 Å². The van der Waals surface area contributed by atoms with Gasteiger partial charge in [-0.15, -0.1) is 0 Å². The Labute approximate surface area is 144 Å². The molecule has 1 aliphatic carbocycles. The van der Waals surface area contributed by atoms with Crippen molar-refractivity contribution in [2.75, 3.05) is 6.79 Å². The van der Waals surface area contributed by atoms with Crippen LogP contribution in [0.3, 0.4) is 0 Å². The standard InChI is InChI=1S/C18H13NO5S/c19-9-18(10-20)16(12-6-7-14-15(8-12)24-11-23-14)17(18)25(21,22)13-4-2-1-3-5-13/h1-8,10,16-17H,11H2/t16-,17+,18-/m0/s1. The van der Waals surface area contributed by atoms with Gasteiger partial charge in [0.2, 0.25) is 6.79 Å². The largest absolute Gasteiger partial charge is 0.454 e. The normalized spacial score (nSPS) is 26.7. The van der Waals surface area contributed by atoms with Crippen molar-refractivity contribution < 1.29 is 22.7 Å². The maximum atomic E-state index is 13.0. The summed E-state index contributed by atoms with van der Waals surface area (Å²) < 4.78 is 36.5. The number of rotatable bonds is 4. The van der Waals surface area contributed by atoms with E-state index in [4.69, 9.17) is 9.47 Å². The van der Waals surface area contributed by atoms with E-state index in [1.54, 1.807) is 36.4 Å². The molecule has 0 aromatic heterocycles. The Morgan fingerprint density at radius 1 is 1.12 bits per heavy atom. The minimum Gasteiger partial charge on any atom is -0.454 e. The second kappa shape index (κ2) is 5.33. The van der Waals surface area contributed by atoms with Crippen molar-refractivity contribution in [1.82, 2.24) is 0 Å². The Morgan fingerprint density at radius 3 is 2.52 bits per heavy atom. The lowest BCUT2D eigenvalue weighted by Gasteiger charge is -2.04. The highest BCUT2D eigenvalue weighted by atomic mass is 32.2. The molecule has 0 unspecified atom stereocenters. The summed E-state index contributed by atoms with van der Waals surface area (Å²) in [6.45, 7) is 0.0896. The first-order valence-corrected chi connectivity index (χ1v) is 9.15. The molecule has 1 saturated carbocycles. The molecule has 6 nitrogen and oxygen atoms in total. The molecule has 1 heterocycles. The zero-order valence-corrected chi connectivity index (χ0v) is 13.8. The Hall–Kier alpha value is -2.85. The van der Waals surface area contributed by atoms with Crippen molar-refractivity contribution in [1.29, 1.82) is 5.26 Å². The number of nitrogens with zero attached hydrogens (tertiary/aromatic N) is 1. The maximum absolute atomic E-state index is 13.0. The summed E-state index contributed by atoms with van der Waals surface area (Å²) in [6.07, 6.45) is 0.452. The zero-order valence-electron chi connectivity index (χ0n) is 13.0. The van der Waals surface area contributed by atoms with Crippen molar-refractivity contribution in [2.24, 2.45) is 5.41 Å². The minimum atomic E-state index is -3.83. The van der Waals surface area contributed by atoms with Crippen LogP contribution in [0.1, 0.15) is 11.5 Å². The van der Waals surface area contributed by atoms with Crippen LogP contribution in [0.4, 0.5) is 0 Å². The average molecular weight is 355 g/mol. The summed E-state index contributed by atoms with van der Waals surface area (Å²) in [5.74, 6) is 0.299. The van der Waals surface area contributed by atoms with E-state index in [-0.39, 0.29) is 11.7 Å². The van der Waals surface area contributed by atoms with Crippen molar-refractivity contribution in [3.05, 3.63) is 54.1 Å². The maximum Gasteiger partial charge on any atom is 0.231 e. The number of ether oxygens (including phenoxy) is 2. The third-order valence-electron chi connectivity index (χ3n) is 4.73. The molecule has 2 aromatic rings. The SMILES string of the molecule is N#C[C@@]1(C=O)[C@H](S(=O)(=O)c2ccccc2)[C@@H]1c1ccc2c(c1)OCO2. The fraction of sp³-hybridized carbons (Fsp3) is 0.222. The van der Waals surface area contributed by atoms with E-state index >= 15 is 0 Å². The number of carbonyl (C=O) groups is 1. The lowest BCUT2D eigenvalue weighted by atomic mass is 10.0. The molecule has 0 radical (unpaired) electrons. The lowest BCUT2D eigenvalue weighted by Crippen LogP contribution is -2.16. The van der Waals surface area contributed by atoms with E-state index in [1.165, 1.54) is 12.1 Å². The number of benzene rings is 2. The lowest BCUT2D eigenvalue weighted by molar-refractivity contribution is -0.110. The predicted octanol–water partition coefficient (Wildman–Crippen LogP) is 2.06. The second-order valence-corrected chi connectivity index (χ2v) is 8.10. The molecule has 3 atom stereocenters. The van der Waals surface area contributed by atoms with Gasteiger partial charge in [0.1, 0.15) is 17.0 Å². The Balaban J connectivity index is 1.80. The van der Waals surface area contributed by atoms with E-state index in [0.29, 0.717) is 23.3 Å². The molecule has 0 amide bonds. The molecule has 0 N–H and O–H groups in total. The first-order chi connectivity index (χ1) is 12.0. The molecule has 1 fully saturated rings. The Kier molecular flexibility index (Phi) is 3.34. The minimum absolute atomic E-state index is 0.0896. The van der Waals surface area contributed by atoms with E-state index < -0.39 is 26.4 Å². The average Bonchev–Trinajstić information content (AvgIpc) is 3.12. The Morgan fingerprint density at radius 2 is 1.84 bits per heavy atom. The van der Waals surface area contributed by atoms with Crippen LogP contribution in [0.5, 0.6) is 11.5 Å². The number of sulfone groups is 1. The van der Waals surface area contributed by atoms with Gasteiger partial charge in [-0.2, -0.15) is 5.26 Å². The van der Waals surface area contributed by atoms with Gasteiger partial charge in [-0.1, -0.05) is 24.3 Å². The fourth-order valence-corrected chi connectivity index (χ4v) is 5.68. The van der Waals surface area contributed by atoms with Gasteiger partial charge in [0, 0.05) is 5.92 Å². The summed E-state index contributed by atoms with van der Waals surface area (Å²) in [5, 5.41) is 8.44. The molecule has 25 heavy (non-hydrogen) atoms. The summed E-state index contributed by atoms with van der Waals surface area (Å²) in [5.41, 5.74) is -1.02. The quantitative estimate of drug-likeness (QED) is 0.780. The number of aldehydes is 1.